The van der Waals surface area contributed by atoms with Crippen molar-refractivity contribution in [1.29, 1.82) is 0 Å². The number of H-pyrrole nitrogens is 1. The number of para-hydroxylation sites is 1. The molecule has 5 heteroatoms. The fourth-order valence-corrected chi connectivity index (χ4v) is 5.33. The van der Waals surface area contributed by atoms with Crippen molar-refractivity contribution in [3.8, 4) is 0 Å². The Kier molecular flexibility index (Phi) is 6.90. The third-order valence-electron chi connectivity index (χ3n) is 7.15. The summed E-state index contributed by atoms with van der Waals surface area (Å²) in [6.07, 6.45) is 3.83. The van der Waals surface area contributed by atoms with Crippen LogP contribution in [0.3, 0.4) is 0 Å². The quantitative estimate of drug-likeness (QED) is 0.379. The van der Waals surface area contributed by atoms with Gasteiger partial charge in [0.2, 0.25) is 11.5 Å². The Labute approximate surface area is 212 Å². The fourth-order valence-electron chi connectivity index (χ4n) is 5.33. The second-order valence-electron chi connectivity index (χ2n) is 9.85. The smallest absolute Gasteiger partial charge is 0.248 e. The van der Waals surface area contributed by atoms with Crippen LogP contribution in [0.4, 0.5) is 5.69 Å². The molecule has 0 radical (unpaired) electrons. The van der Waals surface area contributed by atoms with Crippen molar-refractivity contribution in [2.24, 2.45) is 0 Å². The summed E-state index contributed by atoms with van der Waals surface area (Å²) in [5, 5.41) is 4.30. The number of aromatic nitrogens is 1. The van der Waals surface area contributed by atoms with Crippen molar-refractivity contribution in [3.05, 3.63) is 111 Å². The van der Waals surface area contributed by atoms with Gasteiger partial charge in [0.1, 0.15) is 0 Å². The van der Waals surface area contributed by atoms with E-state index in [9.17, 15) is 9.59 Å². The van der Waals surface area contributed by atoms with Gasteiger partial charge in [-0.1, -0.05) is 60.7 Å². The summed E-state index contributed by atoms with van der Waals surface area (Å²) in [6, 6.07) is 23.9. The number of piperidine rings is 1. The Balaban J connectivity index is 1.50. The average molecular weight is 480 g/mol. The average Bonchev–Trinajstić information content (AvgIpc) is 2.89. The van der Waals surface area contributed by atoms with Crippen LogP contribution in [0, 0.1) is 13.8 Å². The van der Waals surface area contributed by atoms with E-state index in [1.54, 1.807) is 6.07 Å². The monoisotopic (exact) mass is 479 g/mol. The molecule has 2 heterocycles. The summed E-state index contributed by atoms with van der Waals surface area (Å²) in [5.74, 6) is -0.0797. The predicted molar refractivity (Wildman–Crippen MR) is 147 cm³/mol. The molecule has 0 bridgehead atoms. The number of benzene rings is 3. The largest absolute Gasteiger partial charge is 0.371 e. The molecule has 36 heavy (non-hydrogen) atoms. The number of carbonyl (C=O) groups is 1. The molecule has 5 rings (SSSR count). The minimum absolute atomic E-state index is 0.0797. The SMILES string of the molecule is Cc1ccc(C(NC(=O)Cc2cccc3c(C)cc(=O)[nH]c23)c2ccccc2)c(N2CCCCC2)c1. The second kappa shape index (κ2) is 10.4. The molecule has 184 valence electrons. The maximum absolute atomic E-state index is 13.5. The maximum Gasteiger partial charge on any atom is 0.248 e. The molecule has 1 amide bonds. The Bertz CT molecular complexity index is 1440. The minimum atomic E-state index is -0.271. The number of amides is 1. The Morgan fingerprint density at radius 3 is 2.50 bits per heavy atom. The zero-order chi connectivity index (χ0) is 25.1. The third kappa shape index (κ3) is 5.06. The van der Waals surface area contributed by atoms with Crippen molar-refractivity contribution in [2.45, 2.75) is 45.6 Å². The first-order valence-corrected chi connectivity index (χ1v) is 12.8. The number of pyridine rings is 1. The summed E-state index contributed by atoms with van der Waals surface area (Å²) in [4.78, 5) is 31.1. The molecule has 0 saturated carbocycles. The summed E-state index contributed by atoms with van der Waals surface area (Å²) < 4.78 is 0. The van der Waals surface area contributed by atoms with Crippen molar-refractivity contribution < 1.29 is 4.79 Å². The highest BCUT2D eigenvalue weighted by Crippen LogP contribution is 2.33. The van der Waals surface area contributed by atoms with E-state index in [0.717, 1.165) is 46.2 Å². The van der Waals surface area contributed by atoms with Crippen molar-refractivity contribution in [2.75, 3.05) is 18.0 Å². The molecule has 1 aliphatic heterocycles. The van der Waals surface area contributed by atoms with Crippen molar-refractivity contribution >= 4 is 22.5 Å². The molecule has 5 nitrogen and oxygen atoms in total. The Morgan fingerprint density at radius 2 is 1.72 bits per heavy atom. The van der Waals surface area contributed by atoms with Gasteiger partial charge < -0.3 is 15.2 Å². The van der Waals surface area contributed by atoms with Crippen LogP contribution in [0.25, 0.3) is 10.9 Å². The predicted octanol–water partition coefficient (Wildman–Crippen LogP) is 5.58. The molecule has 1 fully saturated rings. The number of hydrogen-bond donors (Lipinski definition) is 2. The fraction of sp³-hybridized carbons (Fsp3) is 0.290. The van der Waals surface area contributed by atoms with Gasteiger partial charge in [-0.05, 0) is 61.4 Å². The first kappa shape index (κ1) is 23.9. The van der Waals surface area contributed by atoms with E-state index >= 15 is 0 Å². The molecule has 0 spiro atoms. The molecule has 4 aromatic rings. The highest BCUT2D eigenvalue weighted by atomic mass is 16.1. The first-order chi connectivity index (χ1) is 17.5. The van der Waals surface area contributed by atoms with Crippen LogP contribution in [0.15, 0.2) is 77.6 Å². The molecule has 1 aliphatic rings. The van der Waals surface area contributed by atoms with Crippen LogP contribution in [0.2, 0.25) is 0 Å². The number of rotatable bonds is 6. The molecule has 1 atom stereocenters. The van der Waals surface area contributed by atoms with Crippen LogP contribution in [0.5, 0.6) is 0 Å². The normalized spacial score (nSPS) is 14.6. The number of aryl methyl sites for hydroxylation is 2. The van der Waals surface area contributed by atoms with E-state index in [0.29, 0.717) is 0 Å². The van der Waals surface area contributed by atoms with Crippen molar-refractivity contribution in [1.82, 2.24) is 10.3 Å². The van der Waals surface area contributed by atoms with E-state index in [4.69, 9.17) is 0 Å². The zero-order valence-corrected chi connectivity index (χ0v) is 21.0. The van der Waals surface area contributed by atoms with E-state index in [1.807, 2.05) is 43.3 Å². The molecule has 3 aromatic carbocycles. The summed E-state index contributed by atoms with van der Waals surface area (Å²) in [5.41, 5.74) is 6.89. The van der Waals surface area contributed by atoms with Crippen LogP contribution < -0.4 is 15.8 Å². The summed E-state index contributed by atoms with van der Waals surface area (Å²) in [6.45, 7) is 6.12. The van der Waals surface area contributed by atoms with E-state index in [-0.39, 0.29) is 23.9 Å². The van der Waals surface area contributed by atoms with E-state index < -0.39 is 0 Å². The molecule has 1 unspecified atom stereocenters. The molecular weight excluding hydrogens is 446 g/mol. The topological polar surface area (TPSA) is 65.2 Å². The summed E-state index contributed by atoms with van der Waals surface area (Å²) in [7, 11) is 0. The molecule has 1 aromatic heterocycles. The maximum atomic E-state index is 13.5. The van der Waals surface area contributed by atoms with Gasteiger partial charge in [-0.25, -0.2) is 0 Å². The summed E-state index contributed by atoms with van der Waals surface area (Å²) >= 11 is 0. The Morgan fingerprint density at radius 1 is 0.944 bits per heavy atom. The first-order valence-electron chi connectivity index (χ1n) is 12.8. The van der Waals surface area contributed by atoms with E-state index in [2.05, 4.69) is 52.5 Å². The lowest BCUT2D eigenvalue weighted by Crippen LogP contribution is -2.34. The molecule has 0 aliphatic carbocycles. The van der Waals surface area contributed by atoms with E-state index in [1.165, 1.54) is 30.5 Å². The number of nitrogens with one attached hydrogen (secondary N) is 2. The molecule has 1 saturated heterocycles. The minimum Gasteiger partial charge on any atom is -0.371 e. The van der Waals surface area contributed by atoms with Crippen LogP contribution >= 0.6 is 0 Å². The highest BCUT2D eigenvalue weighted by Gasteiger charge is 2.24. The zero-order valence-electron chi connectivity index (χ0n) is 21.0. The number of nitrogens with zero attached hydrogens (tertiary/aromatic N) is 1. The van der Waals surface area contributed by atoms with Crippen molar-refractivity contribution in [3.63, 3.8) is 0 Å². The molecule has 2 N–H and O–H groups in total. The number of carbonyl (C=O) groups excluding carboxylic acids is 1. The van der Waals surface area contributed by atoms with Gasteiger partial charge in [0.25, 0.3) is 0 Å². The van der Waals surface area contributed by atoms with Gasteiger partial charge in [0.05, 0.1) is 18.0 Å². The van der Waals surface area contributed by atoms with Gasteiger partial charge in [-0.2, -0.15) is 0 Å². The van der Waals surface area contributed by atoms with Gasteiger partial charge in [-0.3, -0.25) is 9.59 Å². The standard InChI is InChI=1S/C31H33N3O2/c1-21-14-15-26(27(18-21)34-16-7-4-8-17-34)30(23-10-5-3-6-11-23)33-29(36)20-24-12-9-13-25-22(2)19-28(35)32-31(24)25/h3,5-6,9-15,18-19,30H,4,7-8,16-17,20H2,1-2H3,(H,32,35)(H,33,36). The van der Waals surface area contributed by atoms with Gasteiger partial charge >= 0.3 is 0 Å². The third-order valence-corrected chi connectivity index (χ3v) is 7.15. The number of anilines is 1. The van der Waals surface area contributed by atoms with Crippen LogP contribution in [-0.2, 0) is 11.2 Å². The number of fused-ring (bicyclic) bond motifs is 1. The number of aromatic amines is 1. The number of hydrogen-bond acceptors (Lipinski definition) is 3. The van der Waals surface area contributed by atoms with Gasteiger partial charge in [-0.15, -0.1) is 0 Å². The Hall–Kier alpha value is -3.86. The lowest BCUT2D eigenvalue weighted by Gasteiger charge is -2.33. The molecular formula is C31H33N3O2. The van der Waals surface area contributed by atoms with Gasteiger partial charge in [0.15, 0.2) is 0 Å². The lowest BCUT2D eigenvalue weighted by molar-refractivity contribution is -0.120. The van der Waals surface area contributed by atoms with Crippen LogP contribution in [-0.4, -0.2) is 24.0 Å². The van der Waals surface area contributed by atoms with Gasteiger partial charge in [0, 0.05) is 35.8 Å². The second-order valence-corrected chi connectivity index (χ2v) is 9.85. The van der Waals surface area contributed by atoms with Crippen LogP contribution in [0.1, 0.15) is 53.1 Å². The highest BCUT2D eigenvalue weighted by molar-refractivity contribution is 5.89. The lowest BCUT2D eigenvalue weighted by atomic mass is 9.94.